The van der Waals surface area contributed by atoms with E-state index in [0.29, 0.717) is 17.2 Å². The zero-order valence-electron chi connectivity index (χ0n) is 15.7. The Labute approximate surface area is 162 Å². The number of aromatic nitrogens is 4. The number of carbonyl (C=O) groups is 1. The van der Waals surface area contributed by atoms with Crippen LogP contribution in [0.5, 0.6) is 0 Å². The molecule has 8 nitrogen and oxygen atoms in total. The molecule has 1 amide bonds. The SMILES string of the molecule is O=C(Cn1nc(-c2cnc(NC34CCC(C3)C4)nc2)ccc1=O)NC1CCC1. The Morgan fingerprint density at radius 1 is 1.18 bits per heavy atom. The largest absolute Gasteiger partial charge is 0.352 e. The maximum absolute atomic E-state index is 12.1. The van der Waals surface area contributed by atoms with Crippen LogP contribution in [0.15, 0.2) is 29.3 Å². The van der Waals surface area contributed by atoms with Gasteiger partial charge in [0.1, 0.15) is 6.54 Å². The second-order valence-corrected chi connectivity index (χ2v) is 8.42. The molecule has 0 aromatic carbocycles. The van der Waals surface area contributed by atoms with Gasteiger partial charge in [-0.05, 0) is 56.9 Å². The van der Waals surface area contributed by atoms with Crippen molar-refractivity contribution in [3.05, 3.63) is 34.9 Å². The van der Waals surface area contributed by atoms with Gasteiger partial charge in [0.25, 0.3) is 5.56 Å². The highest BCUT2D eigenvalue weighted by atomic mass is 16.2. The van der Waals surface area contributed by atoms with Crippen molar-refractivity contribution in [2.75, 3.05) is 5.32 Å². The normalized spacial score (nSPS) is 25.6. The van der Waals surface area contributed by atoms with Crippen LogP contribution in [0.25, 0.3) is 11.3 Å². The molecule has 4 saturated carbocycles. The molecule has 146 valence electrons. The lowest BCUT2D eigenvalue weighted by Gasteiger charge is -2.39. The first-order chi connectivity index (χ1) is 13.6. The summed E-state index contributed by atoms with van der Waals surface area (Å²) < 4.78 is 1.20. The Morgan fingerprint density at radius 2 is 1.96 bits per heavy atom. The molecule has 6 rings (SSSR count). The van der Waals surface area contributed by atoms with Crippen molar-refractivity contribution in [3.63, 3.8) is 0 Å². The lowest BCUT2D eigenvalue weighted by Crippen LogP contribution is -2.43. The summed E-state index contributed by atoms with van der Waals surface area (Å²) in [7, 11) is 0. The monoisotopic (exact) mass is 380 g/mol. The fourth-order valence-corrected chi connectivity index (χ4v) is 4.54. The van der Waals surface area contributed by atoms with Crippen molar-refractivity contribution in [1.29, 1.82) is 0 Å². The fourth-order valence-electron chi connectivity index (χ4n) is 4.54. The van der Waals surface area contributed by atoms with Gasteiger partial charge in [-0.1, -0.05) is 0 Å². The van der Waals surface area contributed by atoms with Gasteiger partial charge in [-0.25, -0.2) is 14.6 Å². The van der Waals surface area contributed by atoms with Crippen molar-refractivity contribution >= 4 is 11.9 Å². The van der Waals surface area contributed by atoms with Crippen LogP contribution in [0.1, 0.15) is 44.9 Å². The van der Waals surface area contributed by atoms with Gasteiger partial charge in [0, 0.05) is 35.6 Å². The van der Waals surface area contributed by atoms with Crippen molar-refractivity contribution < 1.29 is 4.79 Å². The van der Waals surface area contributed by atoms with Crippen LogP contribution in [-0.4, -0.2) is 37.2 Å². The summed E-state index contributed by atoms with van der Waals surface area (Å²) in [6.07, 6.45) is 11.5. The predicted octanol–water partition coefficient (Wildman–Crippen LogP) is 1.72. The molecule has 28 heavy (non-hydrogen) atoms. The van der Waals surface area contributed by atoms with Crippen molar-refractivity contribution in [1.82, 2.24) is 25.1 Å². The number of nitrogens with zero attached hydrogens (tertiary/aromatic N) is 4. The summed E-state index contributed by atoms with van der Waals surface area (Å²) in [6, 6.07) is 3.31. The topological polar surface area (TPSA) is 102 Å². The Kier molecular flexibility index (Phi) is 4.14. The molecule has 2 heterocycles. The number of amides is 1. The quantitative estimate of drug-likeness (QED) is 0.791. The maximum atomic E-state index is 12.1. The highest BCUT2D eigenvalue weighted by Gasteiger charge is 2.50. The van der Waals surface area contributed by atoms with E-state index in [0.717, 1.165) is 25.2 Å². The third-order valence-corrected chi connectivity index (χ3v) is 6.34. The van der Waals surface area contributed by atoms with Crippen LogP contribution in [0.3, 0.4) is 0 Å². The molecule has 4 aliphatic carbocycles. The summed E-state index contributed by atoms with van der Waals surface area (Å²) in [5, 5.41) is 10.7. The first kappa shape index (κ1) is 17.3. The summed E-state index contributed by atoms with van der Waals surface area (Å²) in [5.74, 6) is 1.33. The molecular weight excluding hydrogens is 356 g/mol. The number of hydrogen-bond donors (Lipinski definition) is 2. The van der Waals surface area contributed by atoms with Gasteiger partial charge in [0.15, 0.2) is 0 Å². The van der Waals surface area contributed by atoms with E-state index in [1.54, 1.807) is 18.5 Å². The lowest BCUT2D eigenvalue weighted by atomic mass is 9.77. The molecule has 0 saturated heterocycles. The summed E-state index contributed by atoms with van der Waals surface area (Å²) in [6.45, 7) is -0.0760. The van der Waals surface area contributed by atoms with E-state index >= 15 is 0 Å². The highest BCUT2D eigenvalue weighted by Crippen LogP contribution is 2.53. The predicted molar refractivity (Wildman–Crippen MR) is 104 cm³/mol. The molecule has 0 radical (unpaired) electrons. The first-order valence-electron chi connectivity index (χ1n) is 10.1. The van der Waals surface area contributed by atoms with Gasteiger partial charge < -0.3 is 10.6 Å². The zero-order valence-corrected chi connectivity index (χ0v) is 15.7. The number of hydrogen-bond acceptors (Lipinski definition) is 6. The third-order valence-electron chi connectivity index (χ3n) is 6.34. The van der Waals surface area contributed by atoms with E-state index in [4.69, 9.17) is 0 Å². The molecule has 0 atom stereocenters. The van der Waals surface area contributed by atoms with Crippen molar-refractivity contribution in [2.45, 2.75) is 63.1 Å². The molecule has 0 unspecified atom stereocenters. The molecular formula is C20H24N6O2. The van der Waals surface area contributed by atoms with E-state index < -0.39 is 0 Å². The lowest BCUT2D eigenvalue weighted by molar-refractivity contribution is -0.123. The van der Waals surface area contributed by atoms with Gasteiger partial charge in [-0.2, -0.15) is 5.10 Å². The molecule has 8 heteroatoms. The average molecular weight is 380 g/mol. The number of anilines is 1. The van der Waals surface area contributed by atoms with Gasteiger partial charge in [0.05, 0.1) is 5.69 Å². The van der Waals surface area contributed by atoms with Crippen molar-refractivity contribution in [3.8, 4) is 11.3 Å². The first-order valence-corrected chi connectivity index (χ1v) is 10.1. The summed E-state index contributed by atoms with van der Waals surface area (Å²) in [4.78, 5) is 33.1. The second-order valence-electron chi connectivity index (χ2n) is 8.42. The number of rotatable bonds is 6. The van der Waals surface area contributed by atoms with Crippen LogP contribution in [-0.2, 0) is 11.3 Å². The smallest absolute Gasteiger partial charge is 0.267 e. The summed E-state index contributed by atoms with van der Waals surface area (Å²) >= 11 is 0. The molecule has 4 aliphatic rings. The molecule has 2 aromatic heterocycles. The molecule has 2 bridgehead atoms. The van der Waals surface area contributed by atoms with Crippen LogP contribution in [0, 0.1) is 5.92 Å². The minimum Gasteiger partial charge on any atom is -0.352 e. The van der Waals surface area contributed by atoms with Crippen molar-refractivity contribution in [2.24, 2.45) is 5.92 Å². The number of nitrogens with one attached hydrogen (secondary N) is 2. The Bertz CT molecular complexity index is 938. The average Bonchev–Trinajstić information content (AvgIpc) is 3.21. The molecule has 0 spiro atoms. The van der Waals surface area contributed by atoms with Crippen LogP contribution in [0.2, 0.25) is 0 Å². The molecule has 2 aromatic rings. The number of carbonyl (C=O) groups excluding carboxylic acids is 1. The van der Waals surface area contributed by atoms with Gasteiger partial charge in [0.2, 0.25) is 11.9 Å². The van der Waals surface area contributed by atoms with Gasteiger partial charge in [-0.15, -0.1) is 0 Å². The highest BCUT2D eigenvalue weighted by molar-refractivity contribution is 5.76. The molecule has 4 fully saturated rings. The van der Waals surface area contributed by atoms with Crippen LogP contribution in [0.4, 0.5) is 5.95 Å². The van der Waals surface area contributed by atoms with E-state index in [2.05, 4.69) is 25.7 Å². The number of fused-ring (bicyclic) bond motifs is 1. The minimum atomic E-state index is -0.299. The molecule has 2 N–H and O–H groups in total. The molecule has 0 aliphatic heterocycles. The zero-order chi connectivity index (χ0) is 19.1. The Hall–Kier alpha value is -2.77. The second kappa shape index (κ2) is 6.68. The van der Waals surface area contributed by atoms with Crippen LogP contribution >= 0.6 is 0 Å². The summed E-state index contributed by atoms with van der Waals surface area (Å²) in [5.41, 5.74) is 1.19. The third kappa shape index (κ3) is 3.27. The fraction of sp³-hybridized carbons (Fsp3) is 0.550. The van der Waals surface area contributed by atoms with Crippen LogP contribution < -0.4 is 16.2 Å². The minimum absolute atomic E-state index is 0.0760. The Morgan fingerprint density at radius 3 is 2.61 bits per heavy atom. The van der Waals surface area contributed by atoms with E-state index in [9.17, 15) is 9.59 Å². The standard InChI is InChI=1S/C20H24N6O2/c27-17(23-15-2-1-3-15)12-26-18(28)5-4-16(25-26)14-10-21-19(22-11-14)24-20-7-6-13(8-20)9-20/h4-5,10-11,13,15H,1-3,6-9,12H2,(H,23,27)(H,21,22,24). The maximum Gasteiger partial charge on any atom is 0.267 e. The Balaban J connectivity index is 1.28. The van der Waals surface area contributed by atoms with E-state index in [1.165, 1.54) is 36.4 Å². The van der Waals surface area contributed by atoms with E-state index in [1.807, 2.05) is 0 Å². The van der Waals surface area contributed by atoms with Gasteiger partial charge >= 0.3 is 0 Å². The van der Waals surface area contributed by atoms with Gasteiger partial charge in [-0.3, -0.25) is 9.59 Å². The van der Waals surface area contributed by atoms with E-state index in [-0.39, 0.29) is 29.6 Å².